The fourth-order valence-electron chi connectivity index (χ4n) is 2.55. The summed E-state index contributed by atoms with van der Waals surface area (Å²) in [6, 6.07) is 15.5. The SMILES string of the molecule is CCCc1ccc(C(=O)CCC(=O)OCC(=O)NC(=O)c2ccccc2)cc1. The maximum atomic E-state index is 12.1. The van der Waals surface area contributed by atoms with Crippen molar-refractivity contribution in [2.75, 3.05) is 6.61 Å². The predicted molar refractivity (Wildman–Crippen MR) is 104 cm³/mol. The second kappa shape index (κ2) is 10.8. The van der Waals surface area contributed by atoms with E-state index in [1.807, 2.05) is 12.1 Å². The Labute approximate surface area is 163 Å². The van der Waals surface area contributed by atoms with Gasteiger partial charge in [-0.15, -0.1) is 0 Å². The van der Waals surface area contributed by atoms with Crippen molar-refractivity contribution in [3.05, 3.63) is 71.3 Å². The topological polar surface area (TPSA) is 89.5 Å². The Morgan fingerprint density at radius 3 is 2.18 bits per heavy atom. The molecule has 2 aromatic carbocycles. The Hall–Kier alpha value is -3.28. The first-order chi connectivity index (χ1) is 13.5. The summed E-state index contributed by atoms with van der Waals surface area (Å²) in [5.74, 6) is -2.12. The zero-order chi connectivity index (χ0) is 20.4. The number of carbonyl (C=O) groups excluding carboxylic acids is 4. The van der Waals surface area contributed by atoms with Crippen LogP contribution in [0, 0.1) is 0 Å². The highest BCUT2D eigenvalue weighted by Gasteiger charge is 2.14. The zero-order valence-electron chi connectivity index (χ0n) is 15.8. The van der Waals surface area contributed by atoms with Gasteiger partial charge in [0.25, 0.3) is 11.8 Å². The van der Waals surface area contributed by atoms with Crippen molar-refractivity contribution < 1.29 is 23.9 Å². The number of Topliss-reactive ketones (excluding diaryl/α,β-unsaturated/α-hetero) is 1. The van der Waals surface area contributed by atoms with Crippen LogP contribution in [-0.2, 0) is 20.7 Å². The van der Waals surface area contributed by atoms with Crippen molar-refractivity contribution in [1.29, 1.82) is 0 Å². The molecule has 1 N–H and O–H groups in total. The molecule has 146 valence electrons. The van der Waals surface area contributed by atoms with Gasteiger partial charge in [-0.2, -0.15) is 0 Å². The number of hydrogen-bond donors (Lipinski definition) is 1. The number of benzene rings is 2. The van der Waals surface area contributed by atoms with Gasteiger partial charge in [0, 0.05) is 17.5 Å². The van der Waals surface area contributed by atoms with E-state index in [1.54, 1.807) is 42.5 Å². The van der Waals surface area contributed by atoms with E-state index >= 15 is 0 Å². The minimum absolute atomic E-state index is 0.00345. The molecule has 0 aliphatic carbocycles. The van der Waals surface area contributed by atoms with E-state index in [4.69, 9.17) is 4.74 Å². The molecule has 0 unspecified atom stereocenters. The van der Waals surface area contributed by atoms with Crippen LogP contribution in [0.1, 0.15) is 52.5 Å². The van der Waals surface area contributed by atoms with Gasteiger partial charge in [0.05, 0.1) is 6.42 Å². The average molecular weight is 381 g/mol. The minimum atomic E-state index is -0.722. The van der Waals surface area contributed by atoms with Crippen molar-refractivity contribution >= 4 is 23.6 Å². The molecule has 2 amide bonds. The molecule has 0 bridgehead atoms. The molecule has 0 radical (unpaired) electrons. The molecule has 0 aromatic heterocycles. The maximum absolute atomic E-state index is 12.1. The first kappa shape index (κ1) is 21.0. The largest absolute Gasteiger partial charge is 0.456 e. The van der Waals surface area contributed by atoms with E-state index in [0.29, 0.717) is 11.1 Å². The Kier molecular flexibility index (Phi) is 8.09. The van der Waals surface area contributed by atoms with E-state index in [2.05, 4.69) is 12.2 Å². The third kappa shape index (κ3) is 6.79. The van der Waals surface area contributed by atoms with Gasteiger partial charge >= 0.3 is 5.97 Å². The smallest absolute Gasteiger partial charge is 0.306 e. The quantitative estimate of drug-likeness (QED) is 0.532. The lowest BCUT2D eigenvalue weighted by Crippen LogP contribution is -2.34. The van der Waals surface area contributed by atoms with Crippen LogP contribution < -0.4 is 5.32 Å². The van der Waals surface area contributed by atoms with Crippen LogP contribution in [0.2, 0.25) is 0 Å². The van der Waals surface area contributed by atoms with Crippen molar-refractivity contribution in [3.8, 4) is 0 Å². The van der Waals surface area contributed by atoms with Gasteiger partial charge in [-0.25, -0.2) is 0 Å². The van der Waals surface area contributed by atoms with Crippen LogP contribution in [0.4, 0.5) is 0 Å². The number of nitrogens with one attached hydrogen (secondary N) is 1. The highest BCUT2D eigenvalue weighted by atomic mass is 16.5. The molecule has 6 heteroatoms. The number of esters is 1. The standard InChI is InChI=1S/C22H23NO5/c1-2-6-16-9-11-17(12-10-16)19(24)13-14-21(26)28-15-20(25)23-22(27)18-7-4-3-5-8-18/h3-5,7-12H,2,6,13-15H2,1H3,(H,23,25,27). The molecular formula is C22H23NO5. The van der Waals surface area contributed by atoms with Gasteiger partial charge < -0.3 is 4.74 Å². The van der Waals surface area contributed by atoms with Gasteiger partial charge in [0.15, 0.2) is 12.4 Å². The van der Waals surface area contributed by atoms with Crippen LogP contribution in [0.3, 0.4) is 0 Å². The molecule has 2 rings (SSSR count). The molecular weight excluding hydrogens is 358 g/mol. The van der Waals surface area contributed by atoms with Crippen LogP contribution >= 0.6 is 0 Å². The summed E-state index contributed by atoms with van der Waals surface area (Å²) in [6.45, 7) is 1.51. The Bertz CT molecular complexity index is 828. The van der Waals surface area contributed by atoms with Crippen molar-refractivity contribution in [3.63, 3.8) is 0 Å². The first-order valence-electron chi connectivity index (χ1n) is 9.16. The van der Waals surface area contributed by atoms with E-state index in [1.165, 1.54) is 0 Å². The molecule has 28 heavy (non-hydrogen) atoms. The lowest BCUT2D eigenvalue weighted by Gasteiger charge is -2.06. The van der Waals surface area contributed by atoms with E-state index < -0.39 is 24.4 Å². The molecule has 0 saturated carbocycles. The number of rotatable bonds is 9. The van der Waals surface area contributed by atoms with Crippen LogP contribution in [0.25, 0.3) is 0 Å². The van der Waals surface area contributed by atoms with Crippen LogP contribution in [-0.4, -0.2) is 30.2 Å². The molecule has 0 aliphatic heterocycles. The third-order valence-corrected chi connectivity index (χ3v) is 4.02. The summed E-state index contributed by atoms with van der Waals surface area (Å²) in [5, 5.41) is 2.14. The predicted octanol–water partition coefficient (Wildman–Crippen LogP) is 3.10. The number of ketones is 1. The van der Waals surface area contributed by atoms with Gasteiger partial charge in [-0.1, -0.05) is 55.8 Å². The van der Waals surface area contributed by atoms with Gasteiger partial charge in [0.1, 0.15) is 0 Å². The minimum Gasteiger partial charge on any atom is -0.456 e. The number of ether oxygens (including phenoxy) is 1. The van der Waals surface area contributed by atoms with Crippen LogP contribution in [0.5, 0.6) is 0 Å². The molecule has 2 aromatic rings. The highest BCUT2D eigenvalue weighted by Crippen LogP contribution is 2.10. The fourth-order valence-corrected chi connectivity index (χ4v) is 2.55. The Morgan fingerprint density at radius 1 is 0.857 bits per heavy atom. The van der Waals surface area contributed by atoms with E-state index in [0.717, 1.165) is 18.4 Å². The number of carbonyl (C=O) groups is 4. The molecule has 6 nitrogen and oxygen atoms in total. The highest BCUT2D eigenvalue weighted by molar-refractivity contribution is 6.05. The second-order valence-corrected chi connectivity index (χ2v) is 6.27. The Morgan fingerprint density at radius 2 is 1.54 bits per heavy atom. The van der Waals surface area contributed by atoms with Crippen molar-refractivity contribution in [2.24, 2.45) is 0 Å². The lowest BCUT2D eigenvalue weighted by molar-refractivity contribution is -0.148. The molecule has 0 saturated heterocycles. The number of amides is 2. The number of imide groups is 1. The second-order valence-electron chi connectivity index (χ2n) is 6.27. The zero-order valence-corrected chi connectivity index (χ0v) is 15.8. The molecule has 0 heterocycles. The normalized spacial score (nSPS) is 10.2. The average Bonchev–Trinajstić information content (AvgIpc) is 2.72. The summed E-state index contributed by atoms with van der Waals surface area (Å²) in [7, 11) is 0. The van der Waals surface area contributed by atoms with E-state index in [9.17, 15) is 19.2 Å². The molecule has 0 fully saturated rings. The van der Waals surface area contributed by atoms with Gasteiger partial charge in [0.2, 0.25) is 0 Å². The monoisotopic (exact) mass is 381 g/mol. The summed E-state index contributed by atoms with van der Waals surface area (Å²) in [5.41, 5.74) is 2.03. The van der Waals surface area contributed by atoms with Crippen molar-refractivity contribution in [1.82, 2.24) is 5.32 Å². The fraction of sp³-hybridized carbons (Fsp3) is 0.273. The van der Waals surface area contributed by atoms with Crippen molar-refractivity contribution in [2.45, 2.75) is 32.6 Å². The van der Waals surface area contributed by atoms with E-state index in [-0.39, 0.29) is 18.6 Å². The molecule has 0 atom stereocenters. The van der Waals surface area contributed by atoms with Gasteiger partial charge in [-0.3, -0.25) is 24.5 Å². The molecule has 0 aliphatic rings. The molecule has 0 spiro atoms. The Balaban J connectivity index is 1.71. The number of hydrogen-bond acceptors (Lipinski definition) is 5. The number of aryl methyl sites for hydroxylation is 1. The summed E-state index contributed by atoms with van der Waals surface area (Å²) in [6.07, 6.45) is 1.85. The summed E-state index contributed by atoms with van der Waals surface area (Å²) < 4.78 is 4.82. The van der Waals surface area contributed by atoms with Gasteiger partial charge in [-0.05, 0) is 24.1 Å². The summed E-state index contributed by atoms with van der Waals surface area (Å²) in [4.78, 5) is 47.4. The first-order valence-corrected chi connectivity index (χ1v) is 9.16. The van der Waals surface area contributed by atoms with Crippen LogP contribution in [0.15, 0.2) is 54.6 Å². The lowest BCUT2D eigenvalue weighted by atomic mass is 10.0. The third-order valence-electron chi connectivity index (χ3n) is 4.02. The summed E-state index contributed by atoms with van der Waals surface area (Å²) >= 11 is 0. The maximum Gasteiger partial charge on any atom is 0.306 e.